The molecule has 0 saturated carbocycles. The number of hydrogen-bond acceptors (Lipinski definition) is 8. The summed E-state index contributed by atoms with van der Waals surface area (Å²) in [7, 11) is 0. The van der Waals surface area contributed by atoms with Crippen LogP contribution >= 0.6 is 23.4 Å². The van der Waals surface area contributed by atoms with Gasteiger partial charge < -0.3 is 24.6 Å². The first kappa shape index (κ1) is 28.3. The molecule has 38 heavy (non-hydrogen) atoms. The number of unbranched alkanes of at least 4 members (excludes halogenated alkanes) is 4. The van der Waals surface area contributed by atoms with Gasteiger partial charge in [0.2, 0.25) is 18.6 Å². The number of fused-ring (bicyclic) bond motifs is 1. The Hall–Kier alpha value is -2.72. The van der Waals surface area contributed by atoms with Gasteiger partial charge in [-0.15, -0.1) is 0 Å². The van der Waals surface area contributed by atoms with Crippen molar-refractivity contribution in [2.45, 2.75) is 70.1 Å². The Morgan fingerprint density at radius 1 is 1.11 bits per heavy atom. The van der Waals surface area contributed by atoms with Crippen LogP contribution < -0.4 is 19.7 Å². The van der Waals surface area contributed by atoms with Gasteiger partial charge in [-0.2, -0.15) is 0 Å². The van der Waals surface area contributed by atoms with Gasteiger partial charge in [0, 0.05) is 44.7 Å². The van der Waals surface area contributed by atoms with E-state index >= 15 is 0 Å². The van der Waals surface area contributed by atoms with Crippen LogP contribution in [0.4, 0.5) is 5.82 Å². The number of ether oxygens (including phenoxy) is 2. The minimum atomic E-state index is -0.131. The van der Waals surface area contributed by atoms with E-state index in [0.29, 0.717) is 60.2 Å². The number of benzene rings is 1. The van der Waals surface area contributed by atoms with Crippen LogP contribution in [0.1, 0.15) is 57.9 Å². The van der Waals surface area contributed by atoms with Crippen molar-refractivity contribution in [2.75, 3.05) is 37.1 Å². The summed E-state index contributed by atoms with van der Waals surface area (Å²) in [6, 6.07) is 7.42. The molecule has 9 nitrogen and oxygen atoms in total. The second-order valence-electron chi connectivity index (χ2n) is 9.63. The van der Waals surface area contributed by atoms with Crippen molar-refractivity contribution in [3.63, 3.8) is 0 Å². The molecule has 4 rings (SSSR count). The van der Waals surface area contributed by atoms with Gasteiger partial charge in [0.15, 0.2) is 16.7 Å². The smallest absolute Gasteiger partial charge is 0.231 e. The molecule has 2 aromatic rings. The average Bonchev–Trinajstić information content (AvgIpc) is 3.38. The lowest BCUT2D eigenvalue weighted by molar-refractivity contribution is -0.133. The Morgan fingerprint density at radius 3 is 2.74 bits per heavy atom. The van der Waals surface area contributed by atoms with Crippen LogP contribution in [0.5, 0.6) is 11.5 Å². The van der Waals surface area contributed by atoms with Gasteiger partial charge in [0.05, 0.1) is 5.75 Å². The summed E-state index contributed by atoms with van der Waals surface area (Å²) in [5.41, 5.74) is 0.928. The molecule has 1 fully saturated rings. The van der Waals surface area contributed by atoms with E-state index in [1.54, 1.807) is 6.07 Å². The molecule has 1 saturated heterocycles. The molecular weight excluding hydrogens is 526 g/mol. The zero-order chi connectivity index (χ0) is 26.9. The summed E-state index contributed by atoms with van der Waals surface area (Å²) < 4.78 is 10.7. The van der Waals surface area contributed by atoms with Gasteiger partial charge in [0.1, 0.15) is 11.0 Å². The highest BCUT2D eigenvalue weighted by molar-refractivity contribution is 7.99. The quantitative estimate of drug-likeness (QED) is 0.173. The number of anilines is 1. The molecule has 2 aliphatic rings. The lowest BCUT2D eigenvalue weighted by Crippen LogP contribution is -2.54. The van der Waals surface area contributed by atoms with Crippen LogP contribution in [0, 0.1) is 0 Å². The molecule has 0 radical (unpaired) electrons. The highest BCUT2D eigenvalue weighted by Crippen LogP contribution is 2.32. The van der Waals surface area contributed by atoms with E-state index in [1.165, 1.54) is 31.0 Å². The Labute approximate surface area is 233 Å². The molecule has 3 heterocycles. The molecule has 1 aromatic carbocycles. The number of aromatic nitrogens is 2. The maximum Gasteiger partial charge on any atom is 0.231 e. The van der Waals surface area contributed by atoms with Gasteiger partial charge in [-0.1, -0.05) is 62.0 Å². The van der Waals surface area contributed by atoms with Crippen molar-refractivity contribution in [1.82, 2.24) is 20.2 Å². The van der Waals surface area contributed by atoms with Crippen LogP contribution in [0.15, 0.2) is 29.4 Å². The number of halogens is 1. The van der Waals surface area contributed by atoms with E-state index in [-0.39, 0.29) is 30.4 Å². The third-order valence-electron chi connectivity index (χ3n) is 6.69. The standard InChI is InChI=1S/C27H36ClN5O4S/c1-3-4-5-6-7-8-26(35)33-12-11-32(16-19(33)2)24-14-23(28)30-27(31-24)38-17-25(34)29-15-20-9-10-21-22(13-20)37-18-36-21/h9-10,13-14,19H,3-8,11-12,15-18H2,1-2H3,(H,29,34). The lowest BCUT2D eigenvalue weighted by atomic mass is 10.1. The number of carbonyl (C=O) groups is 2. The second-order valence-corrected chi connectivity index (χ2v) is 11.0. The zero-order valence-corrected chi connectivity index (χ0v) is 23.7. The Balaban J connectivity index is 1.24. The number of rotatable bonds is 12. The fraction of sp³-hybridized carbons (Fsp3) is 0.556. The predicted molar refractivity (Wildman–Crippen MR) is 149 cm³/mol. The van der Waals surface area contributed by atoms with Crippen molar-refractivity contribution in [1.29, 1.82) is 0 Å². The van der Waals surface area contributed by atoms with Gasteiger partial charge in [-0.3, -0.25) is 9.59 Å². The van der Waals surface area contributed by atoms with Crippen LogP contribution in [0.25, 0.3) is 0 Å². The molecule has 1 unspecified atom stereocenters. The molecule has 0 aliphatic carbocycles. The third kappa shape index (κ3) is 7.89. The molecule has 206 valence electrons. The summed E-state index contributed by atoms with van der Waals surface area (Å²) in [4.78, 5) is 38.2. The van der Waals surface area contributed by atoms with Crippen molar-refractivity contribution >= 4 is 41.0 Å². The molecule has 1 aromatic heterocycles. The monoisotopic (exact) mass is 561 g/mol. The van der Waals surface area contributed by atoms with Gasteiger partial charge in [-0.25, -0.2) is 9.97 Å². The largest absolute Gasteiger partial charge is 0.454 e. The number of nitrogens with one attached hydrogen (secondary N) is 1. The van der Waals surface area contributed by atoms with Crippen LogP contribution in [0.3, 0.4) is 0 Å². The lowest BCUT2D eigenvalue weighted by Gasteiger charge is -2.40. The zero-order valence-electron chi connectivity index (χ0n) is 22.1. The molecular formula is C27H36ClN5O4S. The molecule has 1 N–H and O–H groups in total. The molecule has 0 bridgehead atoms. The average molecular weight is 562 g/mol. The normalized spacial score (nSPS) is 16.6. The number of nitrogens with zero attached hydrogens (tertiary/aromatic N) is 4. The number of piperazine rings is 1. The number of thioether (sulfide) groups is 1. The highest BCUT2D eigenvalue weighted by Gasteiger charge is 2.28. The fourth-order valence-corrected chi connectivity index (χ4v) is 5.52. The van der Waals surface area contributed by atoms with Crippen molar-refractivity contribution in [3.8, 4) is 11.5 Å². The number of amides is 2. The van der Waals surface area contributed by atoms with Crippen LogP contribution in [0.2, 0.25) is 5.15 Å². The Morgan fingerprint density at radius 2 is 1.92 bits per heavy atom. The minimum absolute atomic E-state index is 0.0821. The van der Waals surface area contributed by atoms with E-state index in [2.05, 4.69) is 34.0 Å². The van der Waals surface area contributed by atoms with Crippen molar-refractivity contribution in [3.05, 3.63) is 35.0 Å². The van der Waals surface area contributed by atoms with Crippen LogP contribution in [-0.4, -0.2) is 64.9 Å². The summed E-state index contributed by atoms with van der Waals surface area (Å²) in [5.74, 6) is 2.39. The Kier molecular flexibility index (Phi) is 10.3. The van der Waals surface area contributed by atoms with Crippen LogP contribution in [-0.2, 0) is 16.1 Å². The highest BCUT2D eigenvalue weighted by atomic mass is 35.5. The molecule has 2 amide bonds. The van der Waals surface area contributed by atoms with Crippen molar-refractivity contribution < 1.29 is 19.1 Å². The second kappa shape index (κ2) is 13.9. The summed E-state index contributed by atoms with van der Waals surface area (Å²) in [6.07, 6.45) is 6.32. The molecule has 0 spiro atoms. The molecule has 2 aliphatic heterocycles. The van der Waals surface area contributed by atoms with E-state index in [1.807, 2.05) is 23.1 Å². The minimum Gasteiger partial charge on any atom is -0.454 e. The first-order valence-corrected chi connectivity index (χ1v) is 14.7. The van der Waals surface area contributed by atoms with Gasteiger partial charge in [-0.05, 0) is 31.0 Å². The summed E-state index contributed by atoms with van der Waals surface area (Å²) in [6.45, 7) is 6.88. The summed E-state index contributed by atoms with van der Waals surface area (Å²) in [5, 5.41) is 3.68. The maximum atomic E-state index is 12.7. The first-order valence-electron chi connectivity index (χ1n) is 13.3. The Bertz CT molecular complexity index is 1120. The number of hydrogen-bond donors (Lipinski definition) is 1. The van der Waals surface area contributed by atoms with Gasteiger partial charge in [0.25, 0.3) is 0 Å². The third-order valence-corrected chi connectivity index (χ3v) is 7.73. The van der Waals surface area contributed by atoms with E-state index in [9.17, 15) is 9.59 Å². The summed E-state index contributed by atoms with van der Waals surface area (Å²) >= 11 is 7.55. The fourth-order valence-electron chi connectivity index (χ4n) is 4.60. The number of carbonyl (C=O) groups excluding carboxylic acids is 2. The van der Waals surface area contributed by atoms with E-state index in [4.69, 9.17) is 21.1 Å². The van der Waals surface area contributed by atoms with Gasteiger partial charge >= 0.3 is 0 Å². The first-order chi connectivity index (χ1) is 18.4. The van der Waals surface area contributed by atoms with Crippen molar-refractivity contribution in [2.24, 2.45) is 0 Å². The van der Waals surface area contributed by atoms with E-state index < -0.39 is 0 Å². The molecule has 11 heteroatoms. The maximum absolute atomic E-state index is 12.7. The molecule has 1 atom stereocenters. The topological polar surface area (TPSA) is 96.9 Å². The SMILES string of the molecule is CCCCCCCC(=O)N1CCN(c2cc(Cl)nc(SCC(=O)NCc3ccc4c(c3)OCO4)n2)CC1C. The van der Waals surface area contributed by atoms with E-state index in [0.717, 1.165) is 18.4 Å². The predicted octanol–water partition coefficient (Wildman–Crippen LogP) is 4.66.